The molecule has 0 unspecified atom stereocenters. The minimum absolute atomic E-state index is 0.0111. The SMILES string of the molecule is CCCCCNC(=O)CCSSCCC(=O)ON1C(=O)CCN1[O-]. The number of unbranched alkanes of at least 4 members (excludes halogenated alkanes) is 2. The van der Waals surface area contributed by atoms with Crippen LogP contribution >= 0.6 is 21.6 Å². The maximum absolute atomic E-state index is 11.5. The lowest BCUT2D eigenvalue weighted by atomic mass is 10.2. The topological polar surface area (TPSA) is 102 Å². The molecule has 1 rings (SSSR count). The molecular weight excluding hydrogens is 354 g/mol. The number of nitrogens with one attached hydrogen (secondary N) is 1. The van der Waals surface area contributed by atoms with Gasteiger partial charge in [0.05, 0.1) is 6.42 Å². The summed E-state index contributed by atoms with van der Waals surface area (Å²) >= 11 is 0. The van der Waals surface area contributed by atoms with Crippen molar-refractivity contribution >= 4 is 39.4 Å². The van der Waals surface area contributed by atoms with Crippen LogP contribution in [0.1, 0.15) is 45.4 Å². The Hall–Kier alpha value is -0.970. The lowest BCUT2D eigenvalue weighted by molar-refractivity contribution is -0.233. The van der Waals surface area contributed by atoms with E-state index in [0.717, 1.165) is 25.8 Å². The van der Waals surface area contributed by atoms with Gasteiger partial charge >= 0.3 is 5.97 Å². The van der Waals surface area contributed by atoms with Crippen molar-refractivity contribution in [1.82, 2.24) is 15.7 Å². The van der Waals surface area contributed by atoms with Gasteiger partial charge in [-0.05, 0) is 6.42 Å². The second-order valence-electron chi connectivity index (χ2n) is 5.16. The first-order valence-electron chi connectivity index (χ1n) is 8.04. The van der Waals surface area contributed by atoms with Crippen LogP contribution in [0.15, 0.2) is 0 Å². The molecule has 0 aromatic rings. The highest BCUT2D eigenvalue weighted by atomic mass is 33.1. The lowest BCUT2D eigenvalue weighted by Gasteiger charge is -2.29. The molecule has 1 saturated heterocycles. The van der Waals surface area contributed by atoms with Gasteiger partial charge in [0.25, 0.3) is 5.91 Å². The zero-order chi connectivity index (χ0) is 17.8. The van der Waals surface area contributed by atoms with Crippen LogP contribution in [0.2, 0.25) is 0 Å². The zero-order valence-electron chi connectivity index (χ0n) is 13.8. The van der Waals surface area contributed by atoms with Crippen molar-refractivity contribution in [2.75, 3.05) is 24.6 Å². The molecule has 138 valence electrons. The largest absolute Gasteiger partial charge is 0.765 e. The Morgan fingerprint density at radius 3 is 2.58 bits per heavy atom. The van der Waals surface area contributed by atoms with Gasteiger partial charge in [0.1, 0.15) is 0 Å². The van der Waals surface area contributed by atoms with Crippen LogP contribution in [-0.2, 0) is 19.2 Å². The van der Waals surface area contributed by atoms with Crippen molar-refractivity contribution in [3.63, 3.8) is 0 Å². The van der Waals surface area contributed by atoms with Crippen molar-refractivity contribution in [1.29, 1.82) is 0 Å². The number of amides is 2. The highest BCUT2D eigenvalue weighted by Gasteiger charge is 2.26. The normalized spacial score (nSPS) is 14.9. The fraction of sp³-hybridized carbons (Fsp3) is 0.786. The first-order valence-corrected chi connectivity index (χ1v) is 10.5. The second kappa shape index (κ2) is 12.4. The van der Waals surface area contributed by atoms with E-state index in [1.54, 1.807) is 0 Å². The summed E-state index contributed by atoms with van der Waals surface area (Å²) in [4.78, 5) is 39.0. The first kappa shape index (κ1) is 21.1. The minimum atomic E-state index is -0.618. The number of carbonyl (C=O) groups is 3. The maximum Gasteiger partial charge on any atom is 0.335 e. The smallest absolute Gasteiger partial charge is 0.335 e. The molecule has 0 radical (unpaired) electrons. The van der Waals surface area contributed by atoms with E-state index in [-0.39, 0.29) is 25.3 Å². The van der Waals surface area contributed by atoms with Gasteiger partial charge in [-0.1, -0.05) is 41.4 Å². The quantitative estimate of drug-likeness (QED) is 0.405. The molecule has 1 heterocycles. The summed E-state index contributed by atoms with van der Waals surface area (Å²) in [5.41, 5.74) is 0. The van der Waals surface area contributed by atoms with Crippen LogP contribution in [0.25, 0.3) is 0 Å². The maximum atomic E-state index is 11.5. The Morgan fingerprint density at radius 1 is 1.25 bits per heavy atom. The molecule has 0 bridgehead atoms. The first-order chi connectivity index (χ1) is 11.5. The van der Waals surface area contributed by atoms with E-state index in [9.17, 15) is 19.6 Å². The third kappa shape index (κ3) is 8.76. The van der Waals surface area contributed by atoms with Gasteiger partial charge in [-0.15, -0.1) is 5.17 Å². The molecule has 0 saturated carbocycles. The summed E-state index contributed by atoms with van der Waals surface area (Å²) in [6.45, 7) is 2.85. The molecule has 2 amide bonds. The van der Waals surface area contributed by atoms with Gasteiger partial charge in [0.15, 0.2) is 0 Å². The van der Waals surface area contributed by atoms with Gasteiger partial charge < -0.3 is 15.4 Å². The van der Waals surface area contributed by atoms with Gasteiger partial charge in [-0.25, -0.2) is 4.79 Å². The average molecular weight is 378 g/mol. The van der Waals surface area contributed by atoms with E-state index in [4.69, 9.17) is 4.84 Å². The summed E-state index contributed by atoms with van der Waals surface area (Å²) < 4.78 is 0. The Labute approximate surface area is 149 Å². The van der Waals surface area contributed by atoms with Gasteiger partial charge in [0, 0.05) is 37.4 Å². The molecule has 0 atom stereocenters. The molecule has 0 aliphatic carbocycles. The number of carbonyl (C=O) groups excluding carboxylic acids is 3. The number of hydrazine groups is 1. The van der Waals surface area contributed by atoms with Crippen LogP contribution in [-0.4, -0.2) is 52.7 Å². The molecule has 0 aromatic carbocycles. The summed E-state index contributed by atoms with van der Waals surface area (Å²) in [7, 11) is 2.96. The van der Waals surface area contributed by atoms with Gasteiger partial charge in [-0.3, -0.25) is 14.8 Å². The predicted octanol–water partition coefficient (Wildman–Crippen LogP) is 1.86. The highest BCUT2D eigenvalue weighted by molar-refractivity contribution is 8.76. The Kier molecular flexibility index (Phi) is 10.9. The molecule has 1 N–H and O–H groups in total. The van der Waals surface area contributed by atoms with E-state index in [2.05, 4.69) is 12.2 Å². The Morgan fingerprint density at radius 2 is 1.96 bits per heavy atom. The molecule has 1 fully saturated rings. The Bertz CT molecular complexity index is 425. The van der Waals surface area contributed by atoms with E-state index >= 15 is 0 Å². The van der Waals surface area contributed by atoms with E-state index in [0.29, 0.717) is 28.3 Å². The number of nitrogens with zero attached hydrogens (tertiary/aromatic N) is 2. The standard InChI is InChI=1S/C14H24N3O5S2/c1-2-3-4-8-15-12(18)6-10-23-24-11-7-14(20)22-17-13(19)5-9-16(17)21/h2-11H2,1H3,(H,15,18)/q-1. The molecule has 1 aliphatic rings. The summed E-state index contributed by atoms with van der Waals surface area (Å²) in [5, 5.41) is 14.9. The zero-order valence-corrected chi connectivity index (χ0v) is 15.5. The van der Waals surface area contributed by atoms with Crippen molar-refractivity contribution in [3.05, 3.63) is 5.21 Å². The highest BCUT2D eigenvalue weighted by Crippen LogP contribution is 2.23. The van der Waals surface area contributed by atoms with Crippen molar-refractivity contribution in [2.45, 2.75) is 45.4 Å². The van der Waals surface area contributed by atoms with Gasteiger partial charge in [-0.2, -0.15) is 0 Å². The molecular formula is C14H24N3O5S2-. The molecule has 10 heteroatoms. The molecule has 24 heavy (non-hydrogen) atoms. The van der Waals surface area contributed by atoms with Crippen LogP contribution in [0.3, 0.4) is 0 Å². The van der Waals surface area contributed by atoms with Crippen molar-refractivity contribution in [3.8, 4) is 0 Å². The lowest BCUT2D eigenvalue weighted by Crippen LogP contribution is -2.37. The molecule has 0 spiro atoms. The van der Waals surface area contributed by atoms with Crippen molar-refractivity contribution < 1.29 is 19.2 Å². The number of hydroxylamine groups is 2. The predicted molar refractivity (Wildman–Crippen MR) is 94.3 cm³/mol. The third-order valence-electron chi connectivity index (χ3n) is 3.11. The monoisotopic (exact) mass is 378 g/mol. The summed E-state index contributed by atoms with van der Waals surface area (Å²) in [6, 6.07) is 0. The van der Waals surface area contributed by atoms with Crippen LogP contribution in [0.5, 0.6) is 0 Å². The third-order valence-corrected chi connectivity index (χ3v) is 5.52. The van der Waals surface area contributed by atoms with Crippen molar-refractivity contribution in [2.24, 2.45) is 0 Å². The Balaban J connectivity index is 1.97. The van der Waals surface area contributed by atoms with E-state index in [1.807, 2.05) is 0 Å². The van der Waals surface area contributed by atoms with E-state index < -0.39 is 11.9 Å². The summed E-state index contributed by atoms with van der Waals surface area (Å²) in [5.74, 6) is 0.0701. The summed E-state index contributed by atoms with van der Waals surface area (Å²) in [6.07, 6.45) is 3.85. The number of rotatable bonds is 12. The van der Waals surface area contributed by atoms with Crippen LogP contribution < -0.4 is 5.32 Å². The van der Waals surface area contributed by atoms with Crippen LogP contribution in [0, 0.1) is 5.21 Å². The van der Waals surface area contributed by atoms with Gasteiger partial charge in [0.2, 0.25) is 5.91 Å². The number of hydrogen-bond donors (Lipinski definition) is 1. The number of hydrogen-bond acceptors (Lipinski definition) is 8. The fourth-order valence-electron chi connectivity index (χ4n) is 1.81. The van der Waals surface area contributed by atoms with Crippen LogP contribution in [0.4, 0.5) is 0 Å². The second-order valence-corrected chi connectivity index (χ2v) is 7.86. The molecule has 1 aliphatic heterocycles. The average Bonchev–Trinajstić information content (AvgIpc) is 2.86. The molecule has 8 nitrogen and oxygen atoms in total. The van der Waals surface area contributed by atoms with E-state index in [1.165, 1.54) is 21.6 Å². The molecule has 0 aromatic heterocycles. The fourth-order valence-corrected chi connectivity index (χ4v) is 3.77. The minimum Gasteiger partial charge on any atom is -0.765 e.